The van der Waals surface area contributed by atoms with E-state index in [2.05, 4.69) is 4.90 Å². The molecule has 1 unspecified atom stereocenters. The monoisotopic (exact) mass is 320 g/mol. The number of hydrogen-bond acceptors (Lipinski definition) is 3. The van der Waals surface area contributed by atoms with Crippen molar-refractivity contribution in [2.24, 2.45) is 0 Å². The van der Waals surface area contributed by atoms with E-state index in [1.54, 1.807) is 6.92 Å². The van der Waals surface area contributed by atoms with E-state index in [1.165, 1.54) is 12.1 Å². The standard InChI is InChI=1S/C18H25FN2O2/c1-14(22)20-8-6-17(7-9-20)21-10-11-23-18(13-21)12-15-2-4-16(19)5-3-15/h2-5,17-18H,6-13H2,1H3. The molecule has 1 atom stereocenters. The maximum atomic E-state index is 13.0. The van der Waals surface area contributed by atoms with Gasteiger partial charge in [-0.1, -0.05) is 12.1 Å². The highest BCUT2D eigenvalue weighted by atomic mass is 19.1. The summed E-state index contributed by atoms with van der Waals surface area (Å²) >= 11 is 0. The van der Waals surface area contributed by atoms with E-state index >= 15 is 0 Å². The topological polar surface area (TPSA) is 32.8 Å². The average molecular weight is 320 g/mol. The van der Waals surface area contributed by atoms with Crippen LogP contribution in [0.5, 0.6) is 0 Å². The van der Waals surface area contributed by atoms with E-state index in [0.29, 0.717) is 6.04 Å². The molecule has 4 nitrogen and oxygen atoms in total. The van der Waals surface area contributed by atoms with E-state index in [-0.39, 0.29) is 17.8 Å². The number of ether oxygens (including phenoxy) is 1. The molecule has 23 heavy (non-hydrogen) atoms. The van der Waals surface area contributed by atoms with Gasteiger partial charge in [0.25, 0.3) is 0 Å². The van der Waals surface area contributed by atoms with Crippen molar-refractivity contribution >= 4 is 5.91 Å². The highest BCUT2D eigenvalue weighted by Gasteiger charge is 2.29. The van der Waals surface area contributed by atoms with Crippen LogP contribution in [0.15, 0.2) is 24.3 Å². The molecule has 1 aromatic rings. The lowest BCUT2D eigenvalue weighted by atomic mass is 10.0. The zero-order valence-corrected chi connectivity index (χ0v) is 13.7. The first-order chi connectivity index (χ1) is 11.1. The molecule has 0 aromatic heterocycles. The van der Waals surface area contributed by atoms with Gasteiger partial charge in [-0.15, -0.1) is 0 Å². The molecule has 0 aliphatic carbocycles. The van der Waals surface area contributed by atoms with E-state index in [4.69, 9.17) is 4.74 Å². The lowest BCUT2D eigenvalue weighted by molar-refractivity contribution is -0.131. The fraction of sp³-hybridized carbons (Fsp3) is 0.611. The number of benzene rings is 1. The molecule has 0 N–H and O–H groups in total. The van der Waals surface area contributed by atoms with E-state index in [0.717, 1.165) is 57.6 Å². The number of likely N-dealkylation sites (tertiary alicyclic amines) is 1. The quantitative estimate of drug-likeness (QED) is 0.855. The molecule has 0 radical (unpaired) electrons. The van der Waals surface area contributed by atoms with Crippen LogP contribution < -0.4 is 0 Å². The Morgan fingerprint density at radius 2 is 1.91 bits per heavy atom. The lowest BCUT2D eigenvalue weighted by Crippen LogP contribution is -2.52. The highest BCUT2D eigenvalue weighted by Crippen LogP contribution is 2.21. The van der Waals surface area contributed by atoms with Crippen molar-refractivity contribution in [2.75, 3.05) is 32.8 Å². The minimum absolute atomic E-state index is 0.167. The Labute approximate surface area is 137 Å². The number of hydrogen-bond donors (Lipinski definition) is 0. The van der Waals surface area contributed by atoms with Gasteiger partial charge in [-0.25, -0.2) is 4.39 Å². The largest absolute Gasteiger partial charge is 0.375 e. The first-order valence-electron chi connectivity index (χ1n) is 8.47. The molecular formula is C18H25FN2O2. The number of morpholine rings is 1. The molecule has 3 rings (SSSR count). The number of rotatable bonds is 3. The van der Waals surface area contributed by atoms with Gasteiger partial charge in [-0.3, -0.25) is 9.69 Å². The first kappa shape index (κ1) is 16.4. The summed E-state index contributed by atoms with van der Waals surface area (Å²) in [4.78, 5) is 15.9. The summed E-state index contributed by atoms with van der Waals surface area (Å²) in [7, 11) is 0. The number of carbonyl (C=O) groups is 1. The van der Waals surface area contributed by atoms with Crippen LogP contribution in [-0.2, 0) is 16.0 Å². The van der Waals surface area contributed by atoms with Crippen LogP contribution in [0.2, 0.25) is 0 Å². The Kier molecular flexibility index (Phi) is 5.28. The van der Waals surface area contributed by atoms with Gasteiger partial charge in [0.15, 0.2) is 0 Å². The van der Waals surface area contributed by atoms with Crippen LogP contribution >= 0.6 is 0 Å². The van der Waals surface area contributed by atoms with E-state index < -0.39 is 0 Å². The van der Waals surface area contributed by atoms with Crippen molar-refractivity contribution in [3.63, 3.8) is 0 Å². The normalized spacial score (nSPS) is 23.9. The van der Waals surface area contributed by atoms with Crippen molar-refractivity contribution in [3.05, 3.63) is 35.6 Å². The molecular weight excluding hydrogens is 295 g/mol. The molecule has 2 aliphatic rings. The Hall–Kier alpha value is -1.46. The van der Waals surface area contributed by atoms with Crippen LogP contribution in [-0.4, -0.2) is 60.6 Å². The second-order valence-electron chi connectivity index (χ2n) is 6.56. The zero-order chi connectivity index (χ0) is 16.2. The molecule has 1 amide bonds. The Balaban J connectivity index is 1.52. The summed E-state index contributed by atoms with van der Waals surface area (Å²) in [6.07, 6.45) is 3.08. The van der Waals surface area contributed by atoms with E-state index in [9.17, 15) is 9.18 Å². The van der Waals surface area contributed by atoms with Crippen molar-refractivity contribution in [2.45, 2.75) is 38.3 Å². The maximum Gasteiger partial charge on any atom is 0.219 e. The van der Waals surface area contributed by atoms with Crippen LogP contribution in [0, 0.1) is 5.82 Å². The Morgan fingerprint density at radius 3 is 2.57 bits per heavy atom. The summed E-state index contributed by atoms with van der Waals surface area (Å²) in [5, 5.41) is 0. The predicted molar refractivity (Wildman–Crippen MR) is 86.7 cm³/mol. The molecule has 2 heterocycles. The van der Waals surface area contributed by atoms with Crippen molar-refractivity contribution in [1.82, 2.24) is 9.80 Å². The summed E-state index contributed by atoms with van der Waals surface area (Å²) in [5.41, 5.74) is 1.12. The van der Waals surface area contributed by atoms with Gasteiger partial charge in [-0.05, 0) is 37.0 Å². The summed E-state index contributed by atoms with van der Waals surface area (Å²) in [5.74, 6) is -0.0169. The molecule has 0 saturated carbocycles. The van der Waals surface area contributed by atoms with Crippen molar-refractivity contribution in [1.29, 1.82) is 0 Å². The number of amides is 1. The predicted octanol–water partition coefficient (Wildman–Crippen LogP) is 2.08. The number of nitrogens with zero attached hydrogens (tertiary/aromatic N) is 2. The van der Waals surface area contributed by atoms with Gasteiger partial charge in [0.1, 0.15) is 5.82 Å². The SMILES string of the molecule is CC(=O)N1CCC(N2CCOC(Cc3ccc(F)cc3)C2)CC1. The molecule has 1 aromatic carbocycles. The molecule has 5 heteroatoms. The van der Waals surface area contributed by atoms with Crippen molar-refractivity contribution in [3.8, 4) is 0 Å². The number of piperidine rings is 1. The third-order valence-corrected chi connectivity index (χ3v) is 4.97. The maximum absolute atomic E-state index is 13.0. The van der Waals surface area contributed by atoms with Crippen LogP contribution in [0.3, 0.4) is 0 Å². The smallest absolute Gasteiger partial charge is 0.219 e. The van der Waals surface area contributed by atoms with Gasteiger partial charge >= 0.3 is 0 Å². The zero-order valence-electron chi connectivity index (χ0n) is 13.7. The highest BCUT2D eigenvalue weighted by molar-refractivity contribution is 5.73. The Bertz CT molecular complexity index is 526. The molecule has 2 saturated heterocycles. The number of carbonyl (C=O) groups excluding carboxylic acids is 1. The van der Waals surface area contributed by atoms with Gasteiger partial charge in [0.2, 0.25) is 5.91 Å². The minimum Gasteiger partial charge on any atom is -0.375 e. The van der Waals surface area contributed by atoms with Gasteiger partial charge in [-0.2, -0.15) is 0 Å². The van der Waals surface area contributed by atoms with Gasteiger partial charge in [0, 0.05) is 39.1 Å². The summed E-state index contributed by atoms with van der Waals surface area (Å²) in [6, 6.07) is 7.23. The molecule has 2 fully saturated rings. The third-order valence-electron chi connectivity index (χ3n) is 4.97. The molecule has 0 spiro atoms. The van der Waals surface area contributed by atoms with Crippen LogP contribution in [0.25, 0.3) is 0 Å². The van der Waals surface area contributed by atoms with Crippen LogP contribution in [0.1, 0.15) is 25.3 Å². The summed E-state index contributed by atoms with van der Waals surface area (Å²) in [6.45, 7) is 6.00. The second-order valence-corrected chi connectivity index (χ2v) is 6.56. The molecule has 2 aliphatic heterocycles. The van der Waals surface area contributed by atoms with Gasteiger partial charge in [0.05, 0.1) is 12.7 Å². The van der Waals surface area contributed by atoms with E-state index in [1.807, 2.05) is 17.0 Å². The summed E-state index contributed by atoms with van der Waals surface area (Å²) < 4.78 is 18.9. The third kappa shape index (κ3) is 4.30. The number of halogens is 1. The van der Waals surface area contributed by atoms with Crippen molar-refractivity contribution < 1.29 is 13.9 Å². The fourth-order valence-corrected chi connectivity index (χ4v) is 3.63. The second kappa shape index (κ2) is 7.41. The van der Waals surface area contributed by atoms with Crippen LogP contribution in [0.4, 0.5) is 4.39 Å². The molecule has 0 bridgehead atoms. The Morgan fingerprint density at radius 1 is 1.22 bits per heavy atom. The average Bonchev–Trinajstić information content (AvgIpc) is 2.57. The van der Waals surface area contributed by atoms with Gasteiger partial charge < -0.3 is 9.64 Å². The lowest BCUT2D eigenvalue weighted by Gasteiger charge is -2.42. The first-order valence-corrected chi connectivity index (χ1v) is 8.47. The molecule has 126 valence electrons. The fourth-order valence-electron chi connectivity index (χ4n) is 3.63. The minimum atomic E-state index is -0.197.